The Hall–Kier alpha value is -8.77. The van der Waals surface area contributed by atoms with Gasteiger partial charge in [-0.15, -0.1) is 0 Å². The van der Waals surface area contributed by atoms with Crippen molar-refractivity contribution in [3.8, 4) is 0 Å². The highest BCUT2D eigenvalue weighted by Crippen LogP contribution is 2.35. The molecule has 8 aliphatic heterocycles. The molecule has 10 aromatic rings. The van der Waals surface area contributed by atoms with Gasteiger partial charge in [-0.25, -0.2) is 0 Å². The summed E-state index contributed by atoms with van der Waals surface area (Å²) in [4.78, 5) is 20.1. The smallest absolute Gasteiger partial charge is 0.269 e. The number of hydrogen-bond donors (Lipinski definition) is 16. The number of nitrogens with one attached hydrogen (secondary N) is 8. The molecule has 18 rings (SSSR count). The van der Waals surface area contributed by atoms with Gasteiger partial charge >= 0.3 is 0 Å². The average Bonchev–Trinajstić information content (AvgIpc) is 0.950. The van der Waals surface area contributed by atoms with Crippen molar-refractivity contribution in [3.05, 3.63) is 345 Å². The molecule has 8 heterocycles. The van der Waals surface area contributed by atoms with E-state index in [1.165, 1.54) is 92.9 Å². The molecule has 0 unspecified atom stereocenters. The molecule has 0 spiro atoms. The molecule has 8 aliphatic rings. The molecule has 0 bridgehead atoms. The third kappa shape index (κ3) is 36.4. The zero-order chi connectivity index (χ0) is 101. The van der Waals surface area contributed by atoms with Crippen molar-refractivity contribution in [1.82, 2.24) is 42.5 Å². The molecule has 26 heteroatoms. The highest BCUT2D eigenvalue weighted by Gasteiger charge is 2.41. The van der Waals surface area contributed by atoms with Crippen LogP contribution in [0.1, 0.15) is 148 Å². The van der Waals surface area contributed by atoms with E-state index in [0.717, 1.165) is 165 Å². The molecule has 22 nitrogen and oxygen atoms in total. The lowest BCUT2D eigenvalue weighted by Crippen LogP contribution is -2.58. The van der Waals surface area contributed by atoms with E-state index < -0.39 is 54.4 Å². The van der Waals surface area contributed by atoms with Gasteiger partial charge in [0.2, 0.25) is 0 Å². The third-order valence-corrected chi connectivity index (χ3v) is 41.6. The summed E-state index contributed by atoms with van der Waals surface area (Å²) < 4.78 is 0. The van der Waals surface area contributed by atoms with E-state index in [1.807, 2.05) is 72.8 Å². The van der Waals surface area contributed by atoms with Crippen LogP contribution in [0.3, 0.4) is 0 Å². The maximum absolute atomic E-state index is 10.9. The molecule has 768 valence electrons. The number of aliphatic hydroxyl groups is 8. The minimum Gasteiger partial charge on any atom is -0.392 e. The van der Waals surface area contributed by atoms with Gasteiger partial charge in [-0.05, 0) is 225 Å². The number of rotatable bonds is 32. The van der Waals surface area contributed by atoms with E-state index in [1.54, 1.807) is 24.3 Å². The number of benzene rings is 10. The summed E-state index contributed by atoms with van der Waals surface area (Å²) in [6, 6.07) is 103. The summed E-state index contributed by atoms with van der Waals surface area (Å²) >= 11 is 0. The van der Waals surface area contributed by atoms with Crippen molar-refractivity contribution in [3.63, 3.8) is 0 Å². The van der Waals surface area contributed by atoms with Crippen LogP contribution in [0, 0.1) is 20.2 Å². The Morgan fingerprint density at radius 2 is 0.437 bits per heavy atom. The molecule has 0 saturated carbocycles. The third-order valence-electron chi connectivity index (χ3n) is 29.4. The summed E-state index contributed by atoms with van der Waals surface area (Å²) in [5, 5.41) is 136. The highest BCUT2D eigenvalue weighted by molar-refractivity contribution is 7.02. The Bertz CT molecular complexity index is 4640. The van der Waals surface area contributed by atoms with Crippen molar-refractivity contribution >= 4 is 64.4 Å². The van der Waals surface area contributed by atoms with Gasteiger partial charge < -0.3 is 83.4 Å². The van der Waals surface area contributed by atoms with Crippen molar-refractivity contribution in [2.45, 2.75) is 301 Å². The minimum absolute atomic E-state index is 0.0352. The first kappa shape index (κ1) is 114. The standard InChI is InChI=1S/2C19H25NOSi.2C18H21NO.2C12H16N2O3.2C9H21NOSi/c2*1-22(16-9-4-2-5-10-16,17-11-6-3-7-12-17)15-19(21)18-13-8-14-20-18;2*20-18(16-12-7-13-19-16)17(14-8-3-1-4-9-14)15-10-5-2-6-11-15;2*15-12(11-2-1-7-13-11)8-9-3-5-10(6-4-9)14(16)17;2*1-12(2,3)7-9(11)8-5-4-6-10-8/h2*2-7,9-12,18-21H,8,13-15H2,1H3;2*1-6,8-11,16-20H,7,12-13H2;2*3-6,11-13,15H,1-2,7-8H2;2*8-11H,4-7H2,1-3H3/t2*18-,19+;2*16-,18-;2*11-,12+;2*8-,9+/m10101010/s1. The van der Waals surface area contributed by atoms with Crippen LogP contribution in [-0.2, 0) is 12.8 Å². The normalized spacial score (nSPS) is 21.6. The van der Waals surface area contributed by atoms with E-state index >= 15 is 0 Å². The molecular formula is C116H166N10O12Si4. The van der Waals surface area contributed by atoms with Crippen molar-refractivity contribution in [2.75, 3.05) is 52.4 Å². The number of nitro groups is 2. The Morgan fingerprint density at radius 3 is 0.620 bits per heavy atom. The van der Waals surface area contributed by atoms with Crippen LogP contribution >= 0.6 is 0 Å². The Balaban J connectivity index is 0.000000156. The van der Waals surface area contributed by atoms with Crippen LogP contribution in [0.2, 0.25) is 76.6 Å². The van der Waals surface area contributed by atoms with Crippen LogP contribution in [0.15, 0.2) is 291 Å². The predicted molar refractivity (Wildman–Crippen MR) is 593 cm³/mol. The SMILES string of the molecule is C[Si](C)(C)C[C@@H](O)[C@@H]1CCCN1.C[Si](C)(C)C[C@H](O)[C@H]1CCCN1.C[Si](C[C@@H](O)[C@@H]1CCCN1)(c1ccccc1)c1ccccc1.C[Si](C[C@H](O)[C@H]1CCCN1)(c1ccccc1)c1ccccc1.O=[N+]([O-])c1ccc(C[C@@H](O)[C@@H]2CCCN2)cc1.O=[N+]([O-])c1ccc(C[C@H](O)[C@H]2CCCN2)cc1.O[C@@H](C(c1ccccc1)c1ccccc1)[C@H]1CCCN1.O[C@H](C(c1ccccc1)c1ccccc1)[C@@H]1CCCN1. The van der Waals surface area contributed by atoms with Gasteiger partial charge in [0, 0.05) is 101 Å². The van der Waals surface area contributed by atoms with Gasteiger partial charge in [0.05, 0.1) is 58.7 Å². The zero-order valence-corrected chi connectivity index (χ0v) is 89.4. The zero-order valence-electron chi connectivity index (χ0n) is 85.4. The largest absolute Gasteiger partial charge is 0.392 e. The molecule has 0 aromatic heterocycles. The second kappa shape index (κ2) is 58.5. The van der Waals surface area contributed by atoms with Crippen molar-refractivity contribution < 1.29 is 50.7 Å². The van der Waals surface area contributed by atoms with Crippen LogP contribution in [0.5, 0.6) is 0 Å². The van der Waals surface area contributed by atoms with Crippen molar-refractivity contribution in [1.29, 1.82) is 0 Å². The van der Waals surface area contributed by atoms with E-state index in [2.05, 4.69) is 265 Å². The predicted octanol–water partition coefficient (Wildman–Crippen LogP) is 15.2. The molecule has 8 fully saturated rings. The lowest BCUT2D eigenvalue weighted by atomic mass is 9.83. The number of nitro benzene ring substituents is 2. The topological polar surface area (TPSA) is 344 Å². The average molecular weight is 2010 g/mol. The van der Waals surface area contributed by atoms with E-state index in [4.69, 9.17) is 0 Å². The van der Waals surface area contributed by atoms with Gasteiger partial charge in [-0.3, -0.25) is 20.2 Å². The van der Waals surface area contributed by atoms with Gasteiger partial charge in [-0.1, -0.05) is 340 Å². The fourth-order valence-electron chi connectivity index (χ4n) is 21.5. The molecule has 8 saturated heterocycles. The first-order valence-corrected chi connectivity index (χ1v) is 65.5. The molecule has 0 amide bonds. The van der Waals surface area contributed by atoms with Gasteiger partial charge in [0.1, 0.15) is 16.1 Å². The second-order valence-corrected chi connectivity index (χ2v) is 62.4. The number of hydrogen-bond acceptors (Lipinski definition) is 20. The number of non-ortho nitro benzene ring substituents is 2. The highest BCUT2D eigenvalue weighted by atomic mass is 28.3. The van der Waals surface area contributed by atoms with E-state index in [-0.39, 0.29) is 96.1 Å². The molecule has 16 atom stereocenters. The lowest BCUT2D eigenvalue weighted by Gasteiger charge is -2.33. The van der Waals surface area contributed by atoms with Crippen molar-refractivity contribution in [2.24, 2.45) is 0 Å². The summed E-state index contributed by atoms with van der Waals surface area (Å²) in [5.41, 5.74) is 6.75. The fraction of sp³-hybridized carbons (Fsp3) is 0.483. The quantitative estimate of drug-likeness (QED) is 0.0106. The molecule has 142 heavy (non-hydrogen) atoms. The molecule has 0 aliphatic carbocycles. The van der Waals surface area contributed by atoms with Gasteiger partial charge in [-0.2, -0.15) is 0 Å². The summed E-state index contributed by atoms with van der Waals surface area (Å²) in [6.07, 6.45) is 16.7. The maximum Gasteiger partial charge on any atom is 0.269 e. The molecule has 10 aromatic carbocycles. The van der Waals surface area contributed by atoms with Gasteiger partial charge in [0.25, 0.3) is 11.4 Å². The first-order chi connectivity index (χ1) is 68.4. The second-order valence-electron chi connectivity index (χ2n) is 42.9. The first-order valence-electron chi connectivity index (χ1n) is 52.6. The minimum atomic E-state index is -1.92. The number of nitrogens with zero attached hydrogens (tertiary/aromatic N) is 2. The van der Waals surface area contributed by atoms with E-state index in [0.29, 0.717) is 24.9 Å². The Kier molecular flexibility index (Phi) is 46.8. The lowest BCUT2D eigenvalue weighted by molar-refractivity contribution is -0.385. The summed E-state index contributed by atoms with van der Waals surface area (Å²) in [6.45, 7) is 26.8. The van der Waals surface area contributed by atoms with E-state index in [9.17, 15) is 61.1 Å². The molecular weight excluding hydrogens is 1840 g/mol. The Labute approximate surface area is 850 Å². The Morgan fingerprint density at radius 1 is 0.254 bits per heavy atom. The monoisotopic (exact) mass is 2000 g/mol. The summed E-state index contributed by atoms with van der Waals surface area (Å²) in [5.74, 6) is 0.0704. The fourth-order valence-corrected chi connectivity index (χ4v) is 32.1. The van der Waals surface area contributed by atoms with Crippen LogP contribution < -0.4 is 63.3 Å². The summed E-state index contributed by atoms with van der Waals surface area (Å²) in [7, 11) is -6.00. The van der Waals surface area contributed by atoms with Crippen LogP contribution in [0.25, 0.3) is 0 Å². The van der Waals surface area contributed by atoms with Crippen LogP contribution in [0.4, 0.5) is 11.4 Å². The molecule has 0 radical (unpaired) electrons. The molecule has 16 N–H and O–H groups in total. The van der Waals surface area contributed by atoms with Gasteiger partial charge in [0.15, 0.2) is 0 Å². The number of aliphatic hydroxyl groups excluding tert-OH is 8. The van der Waals surface area contributed by atoms with Crippen LogP contribution in [-0.4, -0.2) is 233 Å². The maximum atomic E-state index is 10.9.